The van der Waals surface area contributed by atoms with Gasteiger partial charge in [-0.25, -0.2) is 0 Å². The Morgan fingerprint density at radius 3 is 2.72 bits per heavy atom. The first-order valence-electron chi connectivity index (χ1n) is 8.91. The number of fused-ring (bicyclic) bond motifs is 2. The van der Waals surface area contributed by atoms with E-state index in [-0.39, 0.29) is 17.6 Å². The van der Waals surface area contributed by atoms with Gasteiger partial charge in [-0.1, -0.05) is 61.5 Å². The molecule has 0 N–H and O–H groups in total. The minimum absolute atomic E-state index is 0.0562. The van der Waals surface area contributed by atoms with Crippen LogP contribution in [-0.4, -0.2) is 19.5 Å². The maximum Gasteiger partial charge on any atom is 0.194 e. The summed E-state index contributed by atoms with van der Waals surface area (Å²) in [6.45, 7) is 3.57. The fraction of sp³-hybridized carbons (Fsp3) is 0.318. The van der Waals surface area contributed by atoms with Crippen LogP contribution in [-0.2, 0) is 9.47 Å². The third-order valence-corrected chi connectivity index (χ3v) is 4.96. The predicted molar refractivity (Wildman–Crippen MR) is 101 cm³/mol. The highest BCUT2D eigenvalue weighted by Crippen LogP contribution is 2.23. The Bertz CT molecular complexity index is 958. The Hall–Kier alpha value is -2.23. The Balaban J connectivity index is 1.67. The second-order valence-electron chi connectivity index (χ2n) is 6.77. The van der Waals surface area contributed by atoms with Crippen molar-refractivity contribution in [2.45, 2.75) is 32.0 Å². The lowest BCUT2D eigenvalue weighted by molar-refractivity contribution is -0.113. The minimum Gasteiger partial charge on any atom is -0.353 e. The van der Waals surface area contributed by atoms with Gasteiger partial charge in [-0.3, -0.25) is 4.79 Å². The van der Waals surface area contributed by atoms with Crippen LogP contribution in [0.5, 0.6) is 0 Å². The van der Waals surface area contributed by atoms with Gasteiger partial charge in [0.2, 0.25) is 0 Å². The fourth-order valence-electron chi connectivity index (χ4n) is 3.43. The van der Waals surface area contributed by atoms with Crippen LogP contribution in [0, 0.1) is 0 Å². The summed E-state index contributed by atoms with van der Waals surface area (Å²) < 4.78 is 11.4. The molecule has 0 aromatic heterocycles. The molecule has 0 aliphatic carbocycles. The van der Waals surface area contributed by atoms with E-state index < -0.39 is 0 Å². The molecule has 0 spiro atoms. The van der Waals surface area contributed by atoms with E-state index in [2.05, 4.69) is 13.0 Å². The third-order valence-electron chi connectivity index (χ3n) is 4.96. The molecule has 1 aliphatic rings. The lowest BCUT2D eigenvalue weighted by atomic mass is 9.99. The van der Waals surface area contributed by atoms with Crippen LogP contribution >= 0.6 is 0 Å². The van der Waals surface area contributed by atoms with Crippen LogP contribution in [0.2, 0.25) is 0 Å². The van der Waals surface area contributed by atoms with Crippen LogP contribution in [0.1, 0.15) is 31.2 Å². The van der Waals surface area contributed by atoms with E-state index in [1.807, 2.05) is 48.5 Å². The van der Waals surface area contributed by atoms with Gasteiger partial charge >= 0.3 is 0 Å². The maximum atomic E-state index is 12.8. The lowest BCUT2D eigenvalue weighted by Crippen LogP contribution is -2.15. The van der Waals surface area contributed by atoms with Gasteiger partial charge in [0.15, 0.2) is 11.7 Å². The first-order chi connectivity index (χ1) is 12.2. The highest BCUT2D eigenvalue weighted by molar-refractivity contribution is 5.93. The van der Waals surface area contributed by atoms with Crippen molar-refractivity contribution >= 4 is 21.5 Å². The van der Waals surface area contributed by atoms with Crippen molar-refractivity contribution < 1.29 is 9.47 Å². The second kappa shape index (κ2) is 6.95. The van der Waals surface area contributed by atoms with Crippen LogP contribution in [0.25, 0.3) is 21.5 Å². The molecule has 3 nitrogen and oxygen atoms in total. The molecular formula is C22H22O3. The molecule has 3 aromatic rings. The SMILES string of the molecule is CC(COC1CCCO1)c1ccc2c(=O)c3ccccc3ccc2c1. The molecule has 1 saturated heterocycles. The molecule has 4 rings (SSSR count). The highest BCUT2D eigenvalue weighted by Gasteiger charge is 2.17. The summed E-state index contributed by atoms with van der Waals surface area (Å²) in [5, 5.41) is 3.47. The smallest absolute Gasteiger partial charge is 0.194 e. The number of ether oxygens (including phenoxy) is 2. The van der Waals surface area contributed by atoms with Crippen molar-refractivity contribution in [3.8, 4) is 0 Å². The summed E-state index contributed by atoms with van der Waals surface area (Å²) in [5.74, 6) is 0.253. The second-order valence-corrected chi connectivity index (χ2v) is 6.77. The monoisotopic (exact) mass is 334 g/mol. The standard InChI is InChI=1S/C22H22O3/c1-15(14-25-21-7-4-12-24-21)17-10-11-20-18(13-17)9-8-16-5-2-3-6-19(16)22(20)23/h2-3,5-6,8-11,13,15,21H,4,7,12,14H2,1H3. The molecule has 2 atom stereocenters. The zero-order valence-electron chi connectivity index (χ0n) is 14.4. The first-order valence-corrected chi connectivity index (χ1v) is 8.91. The molecule has 1 aliphatic heterocycles. The van der Waals surface area contributed by atoms with Crippen LogP contribution in [0.15, 0.2) is 59.4 Å². The number of rotatable bonds is 4. The molecule has 1 fully saturated rings. The lowest BCUT2D eigenvalue weighted by Gasteiger charge is -2.16. The largest absolute Gasteiger partial charge is 0.353 e. The third kappa shape index (κ3) is 3.30. The average Bonchev–Trinajstić information content (AvgIpc) is 3.13. The summed E-state index contributed by atoms with van der Waals surface area (Å²) in [6, 6.07) is 17.9. The summed E-state index contributed by atoms with van der Waals surface area (Å²) in [4.78, 5) is 12.8. The van der Waals surface area contributed by atoms with Crippen molar-refractivity contribution in [1.82, 2.24) is 0 Å². The predicted octanol–water partition coefficient (Wildman–Crippen LogP) is 4.61. The van der Waals surface area contributed by atoms with Crippen molar-refractivity contribution in [1.29, 1.82) is 0 Å². The zero-order valence-corrected chi connectivity index (χ0v) is 14.4. The van der Waals surface area contributed by atoms with Crippen molar-refractivity contribution in [3.05, 3.63) is 70.4 Å². The normalized spacial score (nSPS) is 18.7. The highest BCUT2D eigenvalue weighted by atomic mass is 16.7. The number of hydrogen-bond acceptors (Lipinski definition) is 3. The van der Waals surface area contributed by atoms with Crippen molar-refractivity contribution in [3.63, 3.8) is 0 Å². The Labute approximate surface area is 147 Å². The molecule has 3 heteroatoms. The average molecular weight is 334 g/mol. The van der Waals surface area contributed by atoms with Crippen LogP contribution in [0.4, 0.5) is 0 Å². The van der Waals surface area contributed by atoms with Crippen LogP contribution < -0.4 is 5.43 Å². The molecule has 0 saturated carbocycles. The molecule has 0 amide bonds. The molecule has 0 bridgehead atoms. The molecule has 1 heterocycles. The fourth-order valence-corrected chi connectivity index (χ4v) is 3.43. The van der Waals surface area contributed by atoms with E-state index >= 15 is 0 Å². The van der Waals surface area contributed by atoms with Gasteiger partial charge in [0, 0.05) is 29.7 Å². The van der Waals surface area contributed by atoms with E-state index in [0.29, 0.717) is 6.61 Å². The van der Waals surface area contributed by atoms with Gasteiger partial charge in [-0.2, -0.15) is 0 Å². The Morgan fingerprint density at radius 2 is 1.88 bits per heavy atom. The van der Waals surface area contributed by atoms with Crippen LogP contribution in [0.3, 0.4) is 0 Å². The summed E-state index contributed by atoms with van der Waals surface area (Å²) in [5.41, 5.74) is 1.27. The van der Waals surface area contributed by atoms with Gasteiger partial charge < -0.3 is 9.47 Å². The van der Waals surface area contributed by atoms with E-state index in [4.69, 9.17) is 9.47 Å². The Morgan fingerprint density at radius 1 is 1.08 bits per heavy atom. The van der Waals surface area contributed by atoms with Gasteiger partial charge in [0.05, 0.1) is 6.61 Å². The zero-order chi connectivity index (χ0) is 17.2. The Kier molecular flexibility index (Phi) is 4.51. The van der Waals surface area contributed by atoms with E-state index in [1.54, 1.807) is 0 Å². The minimum atomic E-state index is -0.0562. The molecule has 3 aromatic carbocycles. The van der Waals surface area contributed by atoms with Gasteiger partial charge in [0.25, 0.3) is 0 Å². The van der Waals surface area contributed by atoms with Crippen molar-refractivity contribution in [2.75, 3.05) is 13.2 Å². The molecule has 25 heavy (non-hydrogen) atoms. The number of hydrogen-bond donors (Lipinski definition) is 0. The van der Waals surface area contributed by atoms with E-state index in [0.717, 1.165) is 41.0 Å². The summed E-state index contributed by atoms with van der Waals surface area (Å²) in [6.07, 6.45) is 2.00. The maximum absolute atomic E-state index is 12.8. The molecule has 128 valence electrons. The van der Waals surface area contributed by atoms with E-state index in [9.17, 15) is 4.79 Å². The van der Waals surface area contributed by atoms with Crippen molar-refractivity contribution in [2.24, 2.45) is 0 Å². The first kappa shape index (κ1) is 16.2. The van der Waals surface area contributed by atoms with Gasteiger partial charge in [0.1, 0.15) is 0 Å². The quantitative estimate of drug-likeness (QED) is 0.699. The summed E-state index contributed by atoms with van der Waals surface area (Å²) >= 11 is 0. The van der Waals surface area contributed by atoms with Gasteiger partial charge in [-0.05, 0) is 22.8 Å². The molecular weight excluding hydrogens is 312 g/mol. The number of benzene rings is 2. The molecule has 0 radical (unpaired) electrons. The van der Waals surface area contributed by atoms with E-state index in [1.165, 1.54) is 5.56 Å². The van der Waals surface area contributed by atoms with Gasteiger partial charge in [-0.15, -0.1) is 0 Å². The summed E-state index contributed by atoms with van der Waals surface area (Å²) in [7, 11) is 0. The topological polar surface area (TPSA) is 35.5 Å². The molecule has 2 unspecified atom stereocenters.